The second-order valence-electron chi connectivity index (χ2n) is 7.92. The molecule has 0 radical (unpaired) electrons. The van der Waals surface area contributed by atoms with Gasteiger partial charge >= 0.3 is 0 Å². The average Bonchev–Trinajstić information content (AvgIpc) is 3.18. The Balaban J connectivity index is 1.44. The molecule has 6 heteroatoms. The Kier molecular flexibility index (Phi) is 6.55. The lowest BCUT2D eigenvalue weighted by molar-refractivity contribution is -0.128. The summed E-state index contributed by atoms with van der Waals surface area (Å²) in [6.07, 6.45) is 3.74. The molecule has 1 aliphatic heterocycles. The van der Waals surface area contributed by atoms with Crippen molar-refractivity contribution in [3.05, 3.63) is 65.2 Å². The number of carbonyl (C=O) groups is 2. The number of para-hydroxylation sites is 1. The number of fused-ring (bicyclic) bond motifs is 1. The van der Waals surface area contributed by atoms with Gasteiger partial charge in [0.1, 0.15) is 5.01 Å². The van der Waals surface area contributed by atoms with Crippen molar-refractivity contribution in [2.24, 2.45) is 0 Å². The Hall–Kier alpha value is -2.57. The fraction of sp³-hybridized carbons (Fsp3) is 0.375. The number of likely N-dealkylation sites (tertiary alicyclic amines) is 1. The number of aromatic nitrogens is 1. The predicted molar refractivity (Wildman–Crippen MR) is 121 cm³/mol. The number of hydrogen-bond donors (Lipinski definition) is 1. The molecule has 2 atom stereocenters. The van der Waals surface area contributed by atoms with E-state index in [0.717, 1.165) is 41.9 Å². The van der Waals surface area contributed by atoms with Gasteiger partial charge in [0.25, 0.3) is 0 Å². The maximum atomic E-state index is 12.8. The highest BCUT2D eigenvalue weighted by Crippen LogP contribution is 2.35. The number of ketones is 1. The first-order chi connectivity index (χ1) is 14.6. The van der Waals surface area contributed by atoms with Crippen molar-refractivity contribution in [1.82, 2.24) is 15.2 Å². The van der Waals surface area contributed by atoms with Crippen LogP contribution in [0, 0.1) is 0 Å². The molecule has 2 aromatic carbocycles. The zero-order valence-electron chi connectivity index (χ0n) is 17.2. The summed E-state index contributed by atoms with van der Waals surface area (Å²) in [5.41, 5.74) is 2.07. The molecule has 1 aromatic heterocycles. The van der Waals surface area contributed by atoms with Crippen LogP contribution in [0.3, 0.4) is 0 Å². The van der Waals surface area contributed by atoms with Gasteiger partial charge in [-0.25, -0.2) is 4.98 Å². The Morgan fingerprint density at radius 1 is 1.13 bits per heavy atom. The first-order valence-electron chi connectivity index (χ1n) is 10.5. The van der Waals surface area contributed by atoms with Crippen molar-refractivity contribution >= 4 is 33.2 Å². The van der Waals surface area contributed by atoms with Crippen molar-refractivity contribution in [3.63, 3.8) is 0 Å². The lowest BCUT2D eigenvalue weighted by Gasteiger charge is -2.34. The molecule has 0 unspecified atom stereocenters. The van der Waals surface area contributed by atoms with E-state index in [-0.39, 0.29) is 17.7 Å². The Morgan fingerprint density at radius 2 is 1.90 bits per heavy atom. The van der Waals surface area contributed by atoms with Crippen molar-refractivity contribution in [2.45, 2.75) is 44.7 Å². The quantitative estimate of drug-likeness (QED) is 0.623. The summed E-state index contributed by atoms with van der Waals surface area (Å²) in [6, 6.07) is 17.6. The minimum Gasteiger partial charge on any atom is -0.345 e. The third kappa shape index (κ3) is 4.94. The van der Waals surface area contributed by atoms with E-state index < -0.39 is 6.04 Å². The van der Waals surface area contributed by atoms with E-state index in [1.807, 2.05) is 48.5 Å². The molecule has 0 bridgehead atoms. The van der Waals surface area contributed by atoms with Crippen LogP contribution in [0.15, 0.2) is 54.6 Å². The highest BCUT2D eigenvalue weighted by Gasteiger charge is 2.29. The van der Waals surface area contributed by atoms with Gasteiger partial charge in [0.2, 0.25) is 5.91 Å². The molecule has 3 aromatic rings. The van der Waals surface area contributed by atoms with E-state index in [4.69, 9.17) is 4.98 Å². The normalized spacial score (nSPS) is 18.2. The molecule has 1 fully saturated rings. The number of benzene rings is 2. The smallest absolute Gasteiger partial charge is 0.234 e. The fourth-order valence-electron chi connectivity index (χ4n) is 4.06. The summed E-state index contributed by atoms with van der Waals surface area (Å²) in [7, 11) is 0. The zero-order chi connectivity index (χ0) is 20.9. The van der Waals surface area contributed by atoms with Crippen LogP contribution in [0.1, 0.15) is 42.8 Å². The molecule has 1 saturated heterocycles. The van der Waals surface area contributed by atoms with E-state index >= 15 is 0 Å². The van der Waals surface area contributed by atoms with Gasteiger partial charge in [0, 0.05) is 0 Å². The van der Waals surface area contributed by atoms with Crippen LogP contribution < -0.4 is 5.32 Å². The Labute approximate surface area is 181 Å². The van der Waals surface area contributed by atoms with E-state index in [0.29, 0.717) is 13.0 Å². The molecule has 0 saturated carbocycles. The van der Waals surface area contributed by atoms with Gasteiger partial charge in [0.15, 0.2) is 5.78 Å². The fourth-order valence-corrected chi connectivity index (χ4v) is 5.20. The largest absolute Gasteiger partial charge is 0.345 e. The summed E-state index contributed by atoms with van der Waals surface area (Å²) in [4.78, 5) is 32.0. The highest BCUT2D eigenvalue weighted by molar-refractivity contribution is 7.18. The summed E-state index contributed by atoms with van der Waals surface area (Å²) in [5, 5.41) is 4.04. The van der Waals surface area contributed by atoms with E-state index in [1.54, 1.807) is 18.3 Å². The number of rotatable bonds is 7. The van der Waals surface area contributed by atoms with E-state index in [1.165, 1.54) is 4.70 Å². The molecule has 156 valence electrons. The zero-order valence-corrected chi connectivity index (χ0v) is 18.0. The number of Topliss-reactive ketones (excluding diaryl/α,β-unsaturated/α-hetero) is 1. The van der Waals surface area contributed by atoms with Gasteiger partial charge < -0.3 is 5.32 Å². The van der Waals surface area contributed by atoms with Crippen molar-refractivity contribution in [3.8, 4) is 0 Å². The van der Waals surface area contributed by atoms with Crippen LogP contribution >= 0.6 is 11.3 Å². The molecule has 30 heavy (non-hydrogen) atoms. The molecular weight excluding hydrogens is 394 g/mol. The number of thiazole rings is 1. The molecule has 0 aliphatic carbocycles. The number of nitrogens with one attached hydrogen (secondary N) is 1. The topological polar surface area (TPSA) is 62.3 Å². The number of nitrogens with zero attached hydrogens (tertiary/aromatic N) is 2. The highest BCUT2D eigenvalue weighted by atomic mass is 32.1. The number of piperidine rings is 1. The predicted octanol–water partition coefficient (Wildman–Crippen LogP) is 4.14. The molecular formula is C24H27N3O2S. The monoisotopic (exact) mass is 421 g/mol. The van der Waals surface area contributed by atoms with Gasteiger partial charge in [-0.3, -0.25) is 14.5 Å². The van der Waals surface area contributed by atoms with Gasteiger partial charge in [-0.05, 0) is 50.4 Å². The van der Waals surface area contributed by atoms with Gasteiger partial charge in [0.05, 0.1) is 28.8 Å². The van der Waals surface area contributed by atoms with Crippen molar-refractivity contribution in [1.29, 1.82) is 0 Å². The molecule has 1 aliphatic rings. The van der Waals surface area contributed by atoms with E-state index in [2.05, 4.69) is 16.3 Å². The van der Waals surface area contributed by atoms with Crippen molar-refractivity contribution < 1.29 is 9.59 Å². The van der Waals surface area contributed by atoms with Crippen LogP contribution in [-0.4, -0.2) is 40.7 Å². The lowest BCUT2D eigenvalue weighted by Crippen LogP contribution is -2.47. The van der Waals surface area contributed by atoms with Gasteiger partial charge in [-0.2, -0.15) is 0 Å². The average molecular weight is 422 g/mol. The van der Waals surface area contributed by atoms with Crippen LogP contribution in [-0.2, 0) is 16.0 Å². The summed E-state index contributed by atoms with van der Waals surface area (Å²) >= 11 is 1.72. The first-order valence-corrected chi connectivity index (χ1v) is 11.3. The molecule has 2 heterocycles. The Bertz CT molecular complexity index is 984. The summed E-state index contributed by atoms with van der Waals surface area (Å²) in [6.45, 7) is 2.70. The maximum Gasteiger partial charge on any atom is 0.234 e. The molecule has 1 amide bonds. The Morgan fingerprint density at radius 3 is 2.67 bits per heavy atom. The molecule has 5 nitrogen and oxygen atoms in total. The number of hydrogen-bond acceptors (Lipinski definition) is 5. The standard InChI is InChI=1S/C24H27N3O2S/c1-17(28)20(15-18-9-3-2-4-10-18)25-23(29)16-27-14-8-7-12-21(27)24-26-19-11-5-6-13-22(19)30-24/h2-6,9-11,13,20-21H,7-8,12,14-16H2,1H3,(H,25,29)/t20-,21+/m0/s1. The molecule has 0 spiro atoms. The summed E-state index contributed by atoms with van der Waals surface area (Å²) < 4.78 is 1.18. The first kappa shape index (κ1) is 20.7. The van der Waals surface area contributed by atoms with Gasteiger partial charge in [-0.1, -0.05) is 48.9 Å². The van der Waals surface area contributed by atoms with Gasteiger partial charge in [-0.15, -0.1) is 11.3 Å². The van der Waals surface area contributed by atoms with E-state index in [9.17, 15) is 9.59 Å². The molecule has 4 rings (SSSR count). The lowest BCUT2D eigenvalue weighted by atomic mass is 10.0. The van der Waals surface area contributed by atoms with Crippen LogP contribution in [0.2, 0.25) is 0 Å². The SMILES string of the molecule is CC(=O)[C@H](Cc1ccccc1)NC(=O)CN1CCCC[C@@H]1c1nc2ccccc2s1. The number of carbonyl (C=O) groups excluding carboxylic acids is 2. The minimum absolute atomic E-state index is 0.0198. The second kappa shape index (κ2) is 9.49. The third-order valence-electron chi connectivity index (χ3n) is 5.66. The van der Waals surface area contributed by atoms with Crippen LogP contribution in [0.5, 0.6) is 0 Å². The molecule has 1 N–H and O–H groups in total. The maximum absolute atomic E-state index is 12.8. The van der Waals surface area contributed by atoms with Crippen LogP contribution in [0.25, 0.3) is 10.2 Å². The third-order valence-corrected chi connectivity index (χ3v) is 6.80. The summed E-state index contributed by atoms with van der Waals surface area (Å²) in [5.74, 6) is -0.118. The second-order valence-corrected chi connectivity index (χ2v) is 8.98. The van der Waals surface area contributed by atoms with Crippen molar-refractivity contribution in [2.75, 3.05) is 13.1 Å². The number of amides is 1. The minimum atomic E-state index is -0.495. The van der Waals surface area contributed by atoms with Crippen LogP contribution in [0.4, 0.5) is 0 Å².